The summed E-state index contributed by atoms with van der Waals surface area (Å²) < 4.78 is 93.8. The van der Waals surface area contributed by atoms with Crippen molar-refractivity contribution >= 4 is 21.6 Å². The number of sulfone groups is 1. The molecule has 0 unspecified atom stereocenters. The Morgan fingerprint density at radius 2 is 1.75 bits per heavy atom. The smallest absolute Gasteiger partial charge is 0.325 e. The summed E-state index contributed by atoms with van der Waals surface area (Å²) >= 11 is 0. The van der Waals surface area contributed by atoms with Gasteiger partial charge in [-0.2, -0.15) is 32.1 Å². The van der Waals surface area contributed by atoms with E-state index in [-0.39, 0.29) is 25.9 Å². The van der Waals surface area contributed by atoms with Crippen molar-refractivity contribution in [3.8, 4) is 0 Å². The van der Waals surface area contributed by atoms with Crippen LogP contribution in [0.5, 0.6) is 0 Å². The Bertz CT molecular complexity index is 1090. The van der Waals surface area contributed by atoms with Gasteiger partial charge in [0.05, 0.1) is 28.5 Å². The zero-order valence-corrected chi connectivity index (χ0v) is 17.6. The van der Waals surface area contributed by atoms with Gasteiger partial charge in [-0.15, -0.1) is 0 Å². The van der Waals surface area contributed by atoms with Crippen LogP contribution in [0.1, 0.15) is 24.0 Å². The molecule has 0 radical (unpaired) electrons. The maximum Gasteiger partial charge on any atom is 0.416 e. The highest BCUT2D eigenvalue weighted by Crippen LogP contribution is 2.42. The topological polar surface area (TPSA) is 92.3 Å². The molecule has 0 atom stereocenters. The first-order valence-electron chi connectivity index (χ1n) is 9.47. The molecule has 1 aromatic carbocycles. The van der Waals surface area contributed by atoms with Gasteiger partial charge in [-0.25, -0.2) is 13.2 Å². The maximum absolute atomic E-state index is 15.0. The molecule has 1 fully saturated rings. The summed E-state index contributed by atoms with van der Waals surface area (Å²) in [7, 11) is -5.25. The number of nitrogens with one attached hydrogen (secondary N) is 1. The summed E-state index contributed by atoms with van der Waals surface area (Å²) in [6, 6.07) is 2.50. The molecule has 2 amide bonds. The number of aryl methyl sites for hydroxylation is 1. The fourth-order valence-corrected chi connectivity index (χ4v) is 5.18. The number of rotatable bonds is 4. The van der Waals surface area contributed by atoms with Crippen molar-refractivity contribution in [1.82, 2.24) is 15.1 Å². The van der Waals surface area contributed by atoms with Crippen molar-refractivity contribution in [2.75, 3.05) is 18.4 Å². The molecule has 13 heteroatoms. The Labute approximate surface area is 180 Å². The molecular weight excluding hydrogens is 459 g/mol. The maximum atomic E-state index is 15.0. The largest absolute Gasteiger partial charge is 0.416 e. The molecule has 1 N–H and O–H groups in total. The number of carbonyl (C=O) groups is 1. The average molecular weight is 478 g/mol. The number of carbonyl (C=O) groups excluding carboxylic acids is 1. The molecule has 1 saturated heterocycles. The van der Waals surface area contributed by atoms with Gasteiger partial charge in [0.15, 0.2) is 0 Å². The minimum absolute atomic E-state index is 0.119. The Hall–Kier alpha value is -2.83. The van der Waals surface area contributed by atoms with Gasteiger partial charge in [-0.1, -0.05) is 0 Å². The average Bonchev–Trinajstić information content (AvgIpc) is 2.73. The second-order valence-electron chi connectivity index (χ2n) is 7.37. The molecule has 32 heavy (non-hydrogen) atoms. The highest BCUT2D eigenvalue weighted by atomic mass is 32.2. The van der Waals surface area contributed by atoms with Crippen LogP contribution in [0.3, 0.4) is 0 Å². The lowest BCUT2D eigenvalue weighted by Crippen LogP contribution is -2.47. The molecule has 1 aliphatic heterocycles. The SMILES string of the molecule is Cc1cc(C(F)(F)F)ccc1S(=O)(=O)C(F)(F)C1CCN(C(=O)Nc2ccnnc2)CC1. The molecule has 3 rings (SSSR count). The molecule has 2 aromatic rings. The van der Waals surface area contributed by atoms with Gasteiger partial charge in [0.1, 0.15) is 0 Å². The fourth-order valence-electron chi connectivity index (χ4n) is 3.48. The Balaban J connectivity index is 1.72. The van der Waals surface area contributed by atoms with Crippen LogP contribution in [0.4, 0.5) is 32.4 Å². The number of halogens is 5. The van der Waals surface area contributed by atoms with E-state index in [1.807, 2.05) is 0 Å². The normalized spacial score (nSPS) is 16.1. The lowest BCUT2D eigenvalue weighted by molar-refractivity contribution is -0.137. The highest BCUT2D eigenvalue weighted by molar-refractivity contribution is 7.92. The van der Waals surface area contributed by atoms with Crippen LogP contribution in [0.15, 0.2) is 41.6 Å². The van der Waals surface area contributed by atoms with Crippen LogP contribution in [0, 0.1) is 12.8 Å². The number of likely N-dealkylation sites (tertiary alicyclic amines) is 1. The summed E-state index contributed by atoms with van der Waals surface area (Å²) in [5.41, 5.74) is -1.18. The van der Waals surface area contributed by atoms with Gasteiger partial charge in [-0.3, -0.25) is 0 Å². The number of piperidine rings is 1. The first-order chi connectivity index (χ1) is 14.8. The molecule has 0 aliphatic carbocycles. The number of amides is 2. The number of hydrogen-bond acceptors (Lipinski definition) is 5. The third-order valence-corrected chi connectivity index (χ3v) is 7.33. The molecule has 0 bridgehead atoms. The molecule has 7 nitrogen and oxygen atoms in total. The number of hydrogen-bond donors (Lipinski definition) is 1. The molecule has 2 heterocycles. The van der Waals surface area contributed by atoms with Gasteiger partial charge in [0.2, 0.25) is 9.84 Å². The van der Waals surface area contributed by atoms with E-state index in [9.17, 15) is 26.4 Å². The van der Waals surface area contributed by atoms with Crippen molar-refractivity contribution in [2.24, 2.45) is 5.92 Å². The summed E-state index contributed by atoms with van der Waals surface area (Å²) in [5, 5.41) is 5.48. The Morgan fingerprint density at radius 3 is 2.28 bits per heavy atom. The number of alkyl halides is 5. The number of aromatic nitrogens is 2. The van der Waals surface area contributed by atoms with E-state index < -0.39 is 49.2 Å². The van der Waals surface area contributed by atoms with E-state index >= 15 is 8.78 Å². The minimum atomic E-state index is -5.25. The standard InChI is InChI=1S/C19H19F5N4O3S/c1-12-10-14(18(20,21)22)2-3-16(12)32(30,31)19(23,24)13-5-8-28(9-6-13)17(29)27-15-4-7-25-26-11-15/h2-4,7,10-11,13H,5-6,8-9H2,1H3,(H,25,27,29). The van der Waals surface area contributed by atoms with Crippen molar-refractivity contribution < 1.29 is 35.2 Å². The number of nitrogens with zero attached hydrogens (tertiary/aromatic N) is 3. The van der Waals surface area contributed by atoms with Crippen LogP contribution in [0.25, 0.3) is 0 Å². The van der Waals surface area contributed by atoms with Crippen LogP contribution < -0.4 is 5.32 Å². The summed E-state index contributed by atoms with van der Waals surface area (Å²) in [6.07, 6.45) is -2.66. The lowest BCUT2D eigenvalue weighted by atomic mass is 9.97. The van der Waals surface area contributed by atoms with Crippen LogP contribution in [-0.4, -0.2) is 47.9 Å². The van der Waals surface area contributed by atoms with Gasteiger partial charge < -0.3 is 10.2 Å². The summed E-state index contributed by atoms with van der Waals surface area (Å²) in [5.74, 6) is -1.60. The molecule has 1 aliphatic rings. The predicted molar refractivity (Wildman–Crippen MR) is 104 cm³/mol. The van der Waals surface area contributed by atoms with Crippen LogP contribution in [0.2, 0.25) is 0 Å². The number of urea groups is 1. The monoisotopic (exact) mass is 478 g/mol. The van der Waals surface area contributed by atoms with E-state index in [1.54, 1.807) is 0 Å². The van der Waals surface area contributed by atoms with Crippen LogP contribution >= 0.6 is 0 Å². The molecule has 174 valence electrons. The van der Waals surface area contributed by atoms with Gasteiger partial charge >= 0.3 is 17.5 Å². The Morgan fingerprint density at radius 1 is 1.09 bits per heavy atom. The predicted octanol–water partition coefficient (Wildman–Crippen LogP) is 4.11. The van der Waals surface area contributed by atoms with E-state index in [0.717, 1.165) is 6.92 Å². The summed E-state index contributed by atoms with van der Waals surface area (Å²) in [6.45, 7) is 0.803. The fraction of sp³-hybridized carbons (Fsp3) is 0.421. The highest BCUT2D eigenvalue weighted by Gasteiger charge is 2.54. The van der Waals surface area contributed by atoms with E-state index in [4.69, 9.17) is 0 Å². The molecule has 0 saturated carbocycles. The first-order valence-corrected chi connectivity index (χ1v) is 11.0. The minimum Gasteiger partial charge on any atom is -0.325 e. The second kappa shape index (κ2) is 8.60. The number of benzene rings is 1. The zero-order chi connectivity index (χ0) is 23.7. The van der Waals surface area contributed by atoms with Crippen molar-refractivity contribution in [3.63, 3.8) is 0 Å². The van der Waals surface area contributed by atoms with E-state index in [1.165, 1.54) is 23.4 Å². The van der Waals surface area contributed by atoms with Gasteiger partial charge in [0, 0.05) is 19.0 Å². The van der Waals surface area contributed by atoms with E-state index in [2.05, 4.69) is 15.5 Å². The number of anilines is 1. The lowest BCUT2D eigenvalue weighted by Gasteiger charge is -2.35. The van der Waals surface area contributed by atoms with Crippen LogP contribution in [-0.2, 0) is 16.0 Å². The first kappa shape index (κ1) is 23.8. The van der Waals surface area contributed by atoms with Crippen molar-refractivity contribution in [2.45, 2.75) is 36.1 Å². The summed E-state index contributed by atoms with van der Waals surface area (Å²) in [4.78, 5) is 12.7. The van der Waals surface area contributed by atoms with Crippen molar-refractivity contribution in [1.29, 1.82) is 0 Å². The molecular formula is C19H19F5N4O3S. The molecule has 1 aromatic heterocycles. The third kappa shape index (κ3) is 4.66. The van der Waals surface area contributed by atoms with Gasteiger partial charge in [0.25, 0.3) is 0 Å². The molecule has 0 spiro atoms. The quantitative estimate of drug-likeness (QED) is 0.668. The zero-order valence-electron chi connectivity index (χ0n) is 16.7. The second-order valence-corrected chi connectivity index (χ2v) is 9.36. The van der Waals surface area contributed by atoms with Crippen molar-refractivity contribution in [3.05, 3.63) is 47.8 Å². The Kier molecular flexibility index (Phi) is 6.40. The third-order valence-electron chi connectivity index (χ3n) is 5.24. The van der Waals surface area contributed by atoms with Gasteiger partial charge in [-0.05, 0) is 49.6 Å². The van der Waals surface area contributed by atoms with E-state index in [0.29, 0.717) is 23.9 Å².